The summed E-state index contributed by atoms with van der Waals surface area (Å²) in [6.45, 7) is 0. The third-order valence-corrected chi connectivity index (χ3v) is 9.43. The minimum atomic E-state index is -1.26. The zero-order valence-electron chi connectivity index (χ0n) is 20.9. The van der Waals surface area contributed by atoms with Gasteiger partial charge >= 0.3 is 11.9 Å². The number of hydrogen-bond donors (Lipinski definition) is 2. The molecule has 6 heteroatoms. The fourth-order valence-electron chi connectivity index (χ4n) is 5.65. The van der Waals surface area contributed by atoms with Gasteiger partial charge in [0.25, 0.3) is 0 Å². The van der Waals surface area contributed by atoms with Crippen LogP contribution < -0.4 is 0 Å². The van der Waals surface area contributed by atoms with E-state index in [1.165, 1.54) is 11.8 Å². The number of carboxylic acid groups (broad SMARTS) is 2. The fraction of sp³-hybridized carbons (Fsp3) is 0. The molecule has 0 saturated heterocycles. The van der Waals surface area contributed by atoms with Crippen molar-refractivity contribution in [3.05, 3.63) is 120 Å². The van der Waals surface area contributed by atoms with Gasteiger partial charge in [0.15, 0.2) is 0 Å². The van der Waals surface area contributed by atoms with Crippen molar-refractivity contribution < 1.29 is 19.8 Å². The molecule has 0 amide bonds. The molecule has 4 nitrogen and oxygen atoms in total. The highest BCUT2D eigenvalue weighted by Gasteiger charge is 2.29. The van der Waals surface area contributed by atoms with Crippen LogP contribution >= 0.6 is 23.5 Å². The zero-order chi connectivity index (χ0) is 27.4. The summed E-state index contributed by atoms with van der Waals surface area (Å²) in [5.74, 6) is -2.51. The lowest BCUT2D eigenvalue weighted by atomic mass is 9.85. The van der Waals surface area contributed by atoms with Crippen LogP contribution in [0.15, 0.2) is 129 Å². The summed E-state index contributed by atoms with van der Waals surface area (Å²) < 4.78 is 0. The lowest BCUT2D eigenvalue weighted by molar-refractivity contribution is 0.0650. The summed E-state index contributed by atoms with van der Waals surface area (Å²) in [4.78, 5) is 29.2. The van der Waals surface area contributed by atoms with Gasteiger partial charge < -0.3 is 10.2 Å². The molecule has 0 unspecified atom stereocenters. The largest absolute Gasteiger partial charge is 0.478 e. The summed E-state index contributed by atoms with van der Waals surface area (Å²) >= 11 is 2.94. The molecule has 40 heavy (non-hydrogen) atoms. The van der Waals surface area contributed by atoms with Crippen LogP contribution in [-0.2, 0) is 0 Å². The van der Waals surface area contributed by atoms with Gasteiger partial charge in [-0.15, -0.1) is 0 Å². The van der Waals surface area contributed by atoms with Crippen molar-refractivity contribution in [3.63, 3.8) is 0 Å². The van der Waals surface area contributed by atoms with E-state index in [-0.39, 0.29) is 11.1 Å². The standard InChI is InChI=1S/C34H20O4S2/c35-33(36)30-29-24-15-8-14-23-26(39-19-9-3-1-4-10-19)18-17-22(27(23)24)21-13-7-16-25(28(21)29)32(31(30)34(37)38)40-20-11-5-2-6-12-20/h1-18H,(H,35,36)(H,37,38). The molecule has 0 bridgehead atoms. The minimum Gasteiger partial charge on any atom is -0.478 e. The van der Waals surface area contributed by atoms with Crippen molar-refractivity contribution in [1.29, 1.82) is 0 Å². The van der Waals surface area contributed by atoms with E-state index in [9.17, 15) is 19.8 Å². The Morgan fingerprint density at radius 2 is 1.00 bits per heavy atom. The van der Waals surface area contributed by atoms with E-state index in [1.807, 2.05) is 78.9 Å². The molecule has 2 N–H and O–H groups in total. The highest BCUT2D eigenvalue weighted by Crippen LogP contribution is 2.49. The Morgan fingerprint density at radius 1 is 0.450 bits per heavy atom. The van der Waals surface area contributed by atoms with Gasteiger partial charge in [0.1, 0.15) is 0 Å². The van der Waals surface area contributed by atoms with Crippen molar-refractivity contribution in [1.82, 2.24) is 0 Å². The van der Waals surface area contributed by atoms with Crippen LogP contribution in [0.2, 0.25) is 0 Å². The number of fused-ring (bicyclic) bond motifs is 2. The molecule has 192 valence electrons. The predicted molar refractivity (Wildman–Crippen MR) is 163 cm³/mol. The molecule has 0 aliphatic heterocycles. The summed E-state index contributed by atoms with van der Waals surface area (Å²) in [6, 6.07) is 35.5. The zero-order valence-corrected chi connectivity index (χ0v) is 22.6. The van der Waals surface area contributed by atoms with Crippen molar-refractivity contribution in [2.45, 2.75) is 19.6 Å². The third kappa shape index (κ3) is 3.79. The van der Waals surface area contributed by atoms with Crippen LogP contribution in [0.1, 0.15) is 20.7 Å². The van der Waals surface area contributed by atoms with Gasteiger partial charge in [0.05, 0.1) is 11.1 Å². The molecule has 7 aromatic rings. The second-order valence-electron chi connectivity index (χ2n) is 9.46. The predicted octanol–water partition coefficient (Wildman–Crippen LogP) is 9.44. The second kappa shape index (κ2) is 9.59. The first kappa shape index (κ1) is 24.5. The Kier molecular flexibility index (Phi) is 5.88. The summed E-state index contributed by atoms with van der Waals surface area (Å²) in [7, 11) is 0. The van der Waals surface area contributed by atoms with Crippen LogP contribution in [0.5, 0.6) is 0 Å². The molecular formula is C34H20O4S2. The number of aromatic carboxylic acids is 2. The van der Waals surface area contributed by atoms with Crippen molar-refractivity contribution in [2.75, 3.05) is 0 Å². The Labute approximate surface area is 237 Å². The Balaban J connectivity index is 1.65. The molecule has 0 heterocycles. The van der Waals surface area contributed by atoms with Gasteiger partial charge in [-0.1, -0.05) is 102 Å². The van der Waals surface area contributed by atoms with Crippen molar-refractivity contribution in [2.24, 2.45) is 0 Å². The number of carboxylic acids is 2. The lowest BCUT2D eigenvalue weighted by Crippen LogP contribution is -2.12. The van der Waals surface area contributed by atoms with Crippen molar-refractivity contribution >= 4 is 78.6 Å². The van der Waals surface area contributed by atoms with Crippen LogP contribution in [0.3, 0.4) is 0 Å². The first-order valence-corrected chi connectivity index (χ1v) is 14.3. The summed E-state index contributed by atoms with van der Waals surface area (Å²) in [6.07, 6.45) is 0. The number of rotatable bonds is 6. The average Bonchev–Trinajstić information content (AvgIpc) is 2.97. The van der Waals surface area contributed by atoms with E-state index in [0.717, 1.165) is 52.4 Å². The van der Waals surface area contributed by atoms with E-state index in [0.29, 0.717) is 10.3 Å². The molecule has 0 radical (unpaired) electrons. The number of benzene rings is 7. The van der Waals surface area contributed by atoms with E-state index >= 15 is 0 Å². The van der Waals surface area contributed by atoms with Crippen LogP contribution in [0.4, 0.5) is 0 Å². The highest BCUT2D eigenvalue weighted by atomic mass is 32.2. The first-order valence-electron chi connectivity index (χ1n) is 12.6. The van der Waals surface area contributed by atoms with Crippen LogP contribution in [0, 0.1) is 0 Å². The van der Waals surface area contributed by atoms with Crippen LogP contribution in [-0.4, -0.2) is 22.2 Å². The van der Waals surface area contributed by atoms with Crippen LogP contribution in [0.25, 0.3) is 43.1 Å². The highest BCUT2D eigenvalue weighted by molar-refractivity contribution is 8.00. The second-order valence-corrected chi connectivity index (χ2v) is 11.7. The smallest absolute Gasteiger partial charge is 0.337 e. The Hall–Kier alpha value is -4.52. The lowest BCUT2D eigenvalue weighted by Gasteiger charge is -2.21. The Morgan fingerprint density at radius 3 is 1.65 bits per heavy atom. The number of hydrogen-bond acceptors (Lipinski definition) is 4. The van der Waals surface area contributed by atoms with E-state index in [4.69, 9.17) is 0 Å². The maximum Gasteiger partial charge on any atom is 0.337 e. The molecular weight excluding hydrogens is 537 g/mol. The fourth-order valence-corrected chi connectivity index (χ4v) is 7.71. The van der Waals surface area contributed by atoms with Gasteiger partial charge in [0.2, 0.25) is 0 Å². The SMILES string of the molecule is O=C(O)c1c(Sc2ccccc2)c2cccc3c4ccc(Sc5ccccc5)c5cccc(c(c1C(=O)O)c23)c54. The molecule has 0 atom stereocenters. The van der Waals surface area contributed by atoms with Gasteiger partial charge in [-0.25, -0.2) is 9.59 Å². The van der Waals surface area contributed by atoms with Gasteiger partial charge in [-0.05, 0) is 68.0 Å². The van der Waals surface area contributed by atoms with Gasteiger partial charge in [-0.2, -0.15) is 0 Å². The molecule has 0 aliphatic rings. The average molecular weight is 557 g/mol. The third-order valence-electron chi connectivity index (χ3n) is 7.21. The molecule has 0 aliphatic carbocycles. The quantitative estimate of drug-likeness (QED) is 0.157. The molecule has 7 aromatic carbocycles. The molecule has 0 aromatic heterocycles. The van der Waals surface area contributed by atoms with Crippen molar-refractivity contribution in [3.8, 4) is 0 Å². The Bertz CT molecular complexity index is 2110. The summed E-state index contributed by atoms with van der Waals surface area (Å²) in [5, 5.41) is 27.6. The van der Waals surface area contributed by atoms with Gasteiger partial charge in [-0.3, -0.25) is 0 Å². The van der Waals surface area contributed by atoms with Gasteiger partial charge in [0, 0.05) is 25.0 Å². The first-order chi connectivity index (χ1) is 19.5. The van der Waals surface area contributed by atoms with E-state index in [2.05, 4.69) is 30.3 Å². The van der Waals surface area contributed by atoms with E-state index in [1.54, 1.807) is 11.8 Å². The maximum atomic E-state index is 13.0. The normalized spacial score (nSPS) is 11.6. The van der Waals surface area contributed by atoms with E-state index < -0.39 is 11.9 Å². The molecule has 0 spiro atoms. The molecule has 0 saturated carbocycles. The molecule has 7 rings (SSSR count). The minimum absolute atomic E-state index is 0.176. The maximum absolute atomic E-state index is 13.0. The number of carbonyl (C=O) groups is 2. The molecule has 0 fully saturated rings. The topological polar surface area (TPSA) is 74.6 Å². The monoisotopic (exact) mass is 556 g/mol. The summed E-state index contributed by atoms with van der Waals surface area (Å²) in [5.41, 5.74) is -0.360.